The lowest BCUT2D eigenvalue weighted by Crippen LogP contribution is -2.58. The van der Waals surface area contributed by atoms with Crippen LogP contribution in [-0.2, 0) is 32.6 Å². The molecule has 1 aliphatic carbocycles. The Balaban J connectivity index is 1.28. The molecule has 2 atom stereocenters. The molecule has 3 N–H and O–H groups in total. The molecule has 8 nitrogen and oxygen atoms in total. The van der Waals surface area contributed by atoms with E-state index in [1.807, 2.05) is 6.92 Å². The van der Waals surface area contributed by atoms with Crippen LogP contribution in [0, 0.1) is 12.8 Å². The molecule has 1 fully saturated rings. The van der Waals surface area contributed by atoms with Crippen molar-refractivity contribution in [1.29, 1.82) is 0 Å². The summed E-state index contributed by atoms with van der Waals surface area (Å²) in [5.41, 5.74) is 6.77. The predicted molar refractivity (Wildman–Crippen MR) is 169 cm³/mol. The molecule has 0 aromatic heterocycles. The summed E-state index contributed by atoms with van der Waals surface area (Å²) >= 11 is 0. The molecular formula is C34H42N4O4S. The number of carbonyl (C=O) groups excluding carboxylic acids is 2. The first-order chi connectivity index (χ1) is 20.6. The summed E-state index contributed by atoms with van der Waals surface area (Å²) in [4.78, 5) is 26.3. The number of sulfonamides is 1. The van der Waals surface area contributed by atoms with Crippen LogP contribution in [0.25, 0.3) is 11.1 Å². The van der Waals surface area contributed by atoms with Gasteiger partial charge in [0.25, 0.3) is 0 Å². The third kappa shape index (κ3) is 7.34. The van der Waals surface area contributed by atoms with Gasteiger partial charge in [-0.25, -0.2) is 8.42 Å². The zero-order valence-electron chi connectivity index (χ0n) is 25.2. The van der Waals surface area contributed by atoms with Crippen molar-refractivity contribution in [3.8, 4) is 11.1 Å². The number of fused-ring (bicyclic) bond motifs is 1. The zero-order chi connectivity index (χ0) is 30.6. The summed E-state index contributed by atoms with van der Waals surface area (Å²) in [7, 11) is -3.94. The van der Waals surface area contributed by atoms with Crippen LogP contribution in [-0.4, -0.2) is 50.2 Å². The Labute approximate surface area is 255 Å². The van der Waals surface area contributed by atoms with E-state index in [9.17, 15) is 18.0 Å². The molecule has 9 heteroatoms. The first kappa shape index (κ1) is 30.9. The van der Waals surface area contributed by atoms with E-state index in [1.54, 1.807) is 24.3 Å². The van der Waals surface area contributed by atoms with E-state index in [4.69, 9.17) is 0 Å². The van der Waals surface area contributed by atoms with Gasteiger partial charge in [0.15, 0.2) is 0 Å². The summed E-state index contributed by atoms with van der Waals surface area (Å²) in [6.45, 7) is 8.40. The van der Waals surface area contributed by atoms with Gasteiger partial charge in [-0.05, 0) is 84.7 Å². The van der Waals surface area contributed by atoms with Crippen LogP contribution in [0.2, 0.25) is 0 Å². The van der Waals surface area contributed by atoms with Gasteiger partial charge < -0.3 is 16.0 Å². The van der Waals surface area contributed by atoms with Crippen LogP contribution in [0.3, 0.4) is 0 Å². The molecule has 0 bridgehead atoms. The van der Waals surface area contributed by atoms with E-state index < -0.39 is 22.0 Å². The lowest BCUT2D eigenvalue weighted by atomic mass is 9.85. The molecule has 1 aliphatic heterocycles. The van der Waals surface area contributed by atoms with Crippen molar-refractivity contribution in [2.45, 2.75) is 70.0 Å². The van der Waals surface area contributed by atoms with Crippen molar-refractivity contribution >= 4 is 21.8 Å². The number of rotatable bonds is 10. The van der Waals surface area contributed by atoms with E-state index >= 15 is 0 Å². The minimum atomic E-state index is -3.94. The third-order valence-electron chi connectivity index (χ3n) is 8.22. The predicted octanol–water partition coefficient (Wildman–Crippen LogP) is 4.48. The Morgan fingerprint density at radius 3 is 2.58 bits per heavy atom. The smallest absolute Gasteiger partial charge is 0.243 e. The van der Waals surface area contributed by atoms with Crippen molar-refractivity contribution in [3.05, 3.63) is 89.0 Å². The molecule has 228 valence electrons. The number of aryl methyl sites for hydroxylation is 2. The molecular weight excluding hydrogens is 560 g/mol. The van der Waals surface area contributed by atoms with Crippen molar-refractivity contribution in [2.75, 3.05) is 19.6 Å². The van der Waals surface area contributed by atoms with Crippen molar-refractivity contribution in [2.24, 2.45) is 5.92 Å². The van der Waals surface area contributed by atoms with Gasteiger partial charge in [-0.3, -0.25) is 9.59 Å². The van der Waals surface area contributed by atoms with E-state index in [-0.39, 0.29) is 36.4 Å². The molecule has 1 heterocycles. The van der Waals surface area contributed by atoms with Crippen molar-refractivity contribution < 1.29 is 18.0 Å². The zero-order valence-corrected chi connectivity index (χ0v) is 26.0. The average Bonchev–Trinajstić information content (AvgIpc) is 2.98. The highest BCUT2D eigenvalue weighted by Crippen LogP contribution is 2.33. The van der Waals surface area contributed by atoms with Gasteiger partial charge in [-0.15, -0.1) is 0 Å². The molecule has 2 aliphatic rings. The fourth-order valence-corrected chi connectivity index (χ4v) is 7.55. The molecule has 0 radical (unpaired) electrons. The van der Waals surface area contributed by atoms with Crippen LogP contribution < -0.4 is 16.0 Å². The molecule has 5 rings (SSSR count). The Hall–Kier alpha value is -3.53. The number of hydrogen-bond acceptors (Lipinski definition) is 5. The Morgan fingerprint density at radius 1 is 1.05 bits per heavy atom. The number of benzene rings is 3. The fraction of sp³-hybridized carbons (Fsp3) is 0.412. The highest BCUT2D eigenvalue weighted by Gasteiger charge is 2.40. The quantitative estimate of drug-likeness (QED) is 0.317. The highest BCUT2D eigenvalue weighted by atomic mass is 32.2. The second-order valence-electron chi connectivity index (χ2n) is 12.1. The number of nitrogens with one attached hydrogen (secondary N) is 3. The standard InChI is InChI=1S/C34H42N4O4S/c1-23(2)21-35-22-25-6-4-7-26(18-25)27-12-15-30-28(19-27)8-5-9-31(30)37-33(39)20-32-34(40)36-16-17-38(32)43(41,42)29-13-10-24(3)11-14-29/h4,6-7,10-15,18-19,23,31-32,35H,5,8-9,16-17,20-22H2,1-3H3,(H,36,40)(H,37,39)/t31-,32?/m1/s1. The largest absolute Gasteiger partial charge is 0.353 e. The Bertz CT molecular complexity index is 1570. The van der Waals surface area contributed by atoms with Crippen LogP contribution in [0.1, 0.15) is 61.4 Å². The lowest BCUT2D eigenvalue weighted by molar-refractivity contribution is -0.132. The lowest BCUT2D eigenvalue weighted by Gasteiger charge is -2.34. The molecule has 3 aromatic carbocycles. The maximum absolute atomic E-state index is 13.4. The number of piperazine rings is 1. The third-order valence-corrected chi connectivity index (χ3v) is 10.1. The highest BCUT2D eigenvalue weighted by molar-refractivity contribution is 7.89. The molecule has 0 spiro atoms. The molecule has 2 amide bonds. The molecule has 1 saturated heterocycles. The second kappa shape index (κ2) is 13.4. The summed E-state index contributed by atoms with van der Waals surface area (Å²) in [5.74, 6) is -0.190. The van der Waals surface area contributed by atoms with Gasteiger partial charge in [0.1, 0.15) is 6.04 Å². The normalized spacial score (nSPS) is 19.1. The van der Waals surface area contributed by atoms with E-state index in [0.717, 1.165) is 54.6 Å². The fourth-order valence-electron chi connectivity index (χ4n) is 5.96. The van der Waals surface area contributed by atoms with Crippen LogP contribution >= 0.6 is 0 Å². The van der Waals surface area contributed by atoms with Gasteiger partial charge >= 0.3 is 0 Å². The maximum atomic E-state index is 13.4. The first-order valence-electron chi connectivity index (χ1n) is 15.2. The van der Waals surface area contributed by atoms with Gasteiger partial charge in [-0.1, -0.05) is 67.9 Å². The van der Waals surface area contributed by atoms with Gasteiger partial charge in [0.2, 0.25) is 21.8 Å². The molecule has 1 unspecified atom stereocenters. The molecule has 43 heavy (non-hydrogen) atoms. The summed E-state index contributed by atoms with van der Waals surface area (Å²) in [5, 5.41) is 9.35. The number of carbonyl (C=O) groups is 2. The summed E-state index contributed by atoms with van der Waals surface area (Å²) in [6, 6.07) is 20.3. The molecule has 3 aromatic rings. The number of nitrogens with zero attached hydrogens (tertiary/aromatic N) is 1. The summed E-state index contributed by atoms with van der Waals surface area (Å²) < 4.78 is 28.1. The Kier molecular flexibility index (Phi) is 9.64. The molecule has 0 saturated carbocycles. The number of hydrogen-bond donors (Lipinski definition) is 3. The minimum Gasteiger partial charge on any atom is -0.353 e. The van der Waals surface area contributed by atoms with Crippen LogP contribution in [0.4, 0.5) is 0 Å². The maximum Gasteiger partial charge on any atom is 0.243 e. The minimum absolute atomic E-state index is 0.115. The first-order valence-corrected chi connectivity index (χ1v) is 16.6. The van der Waals surface area contributed by atoms with Crippen molar-refractivity contribution in [3.63, 3.8) is 0 Å². The van der Waals surface area contributed by atoms with E-state index in [2.05, 4.69) is 72.3 Å². The SMILES string of the molecule is Cc1ccc(S(=O)(=O)N2CCNC(=O)C2CC(=O)N[C@@H]2CCCc3cc(-c4cccc(CNCC(C)C)c4)ccc32)cc1. The second-order valence-corrected chi connectivity index (χ2v) is 14.0. The average molecular weight is 603 g/mol. The topological polar surface area (TPSA) is 108 Å². The Morgan fingerprint density at radius 2 is 1.81 bits per heavy atom. The monoisotopic (exact) mass is 602 g/mol. The number of amides is 2. The van der Waals surface area contributed by atoms with Crippen molar-refractivity contribution in [1.82, 2.24) is 20.3 Å². The van der Waals surface area contributed by atoms with Gasteiger partial charge in [-0.2, -0.15) is 4.31 Å². The van der Waals surface area contributed by atoms with Gasteiger partial charge in [0, 0.05) is 19.6 Å². The van der Waals surface area contributed by atoms with E-state index in [1.165, 1.54) is 15.4 Å². The summed E-state index contributed by atoms with van der Waals surface area (Å²) in [6.07, 6.45) is 2.41. The van der Waals surface area contributed by atoms with E-state index in [0.29, 0.717) is 5.92 Å². The van der Waals surface area contributed by atoms with Gasteiger partial charge in [0.05, 0.1) is 17.4 Å². The van der Waals surface area contributed by atoms with Crippen LogP contribution in [0.15, 0.2) is 71.6 Å². The van der Waals surface area contributed by atoms with Crippen LogP contribution in [0.5, 0.6) is 0 Å².